The van der Waals surface area contributed by atoms with E-state index in [9.17, 15) is 14.0 Å². The highest BCUT2D eigenvalue weighted by Gasteiger charge is 2.28. The van der Waals surface area contributed by atoms with Gasteiger partial charge in [-0.3, -0.25) is 14.2 Å². The van der Waals surface area contributed by atoms with E-state index in [0.717, 1.165) is 93.4 Å². The lowest BCUT2D eigenvalue weighted by Crippen LogP contribution is -2.46. The van der Waals surface area contributed by atoms with Crippen LogP contribution in [0, 0.1) is 5.82 Å². The highest BCUT2D eigenvalue weighted by molar-refractivity contribution is 5.79. The lowest BCUT2D eigenvalue weighted by atomic mass is 10.0. The molecule has 0 amide bonds. The molecular weight excluding hydrogens is 664 g/mol. The van der Waals surface area contributed by atoms with E-state index < -0.39 is 0 Å². The number of hydrogen-bond acceptors (Lipinski definition) is 6. The van der Waals surface area contributed by atoms with Crippen molar-refractivity contribution in [2.75, 3.05) is 29.9 Å². The molecule has 8 nitrogen and oxygen atoms in total. The summed E-state index contributed by atoms with van der Waals surface area (Å²) in [7, 11) is 2.00. The number of fused-ring (bicyclic) bond motifs is 1. The van der Waals surface area contributed by atoms with E-state index >= 15 is 0 Å². The number of para-hydroxylation sites is 2. The van der Waals surface area contributed by atoms with Crippen molar-refractivity contribution in [3.8, 4) is 0 Å². The summed E-state index contributed by atoms with van der Waals surface area (Å²) in [5, 5.41) is 0. The van der Waals surface area contributed by atoms with Crippen LogP contribution in [-0.2, 0) is 17.9 Å². The van der Waals surface area contributed by atoms with Gasteiger partial charge in [-0.15, -0.1) is 0 Å². The van der Waals surface area contributed by atoms with Crippen LogP contribution in [0.5, 0.6) is 0 Å². The van der Waals surface area contributed by atoms with Gasteiger partial charge in [0.25, 0.3) is 5.56 Å². The molecule has 1 aliphatic rings. The Hall–Kier alpha value is -4.79. The van der Waals surface area contributed by atoms with Crippen LogP contribution in [0.4, 0.5) is 16.3 Å². The third-order valence-electron chi connectivity index (χ3n) is 10.1. The molecule has 0 spiro atoms. The fourth-order valence-corrected chi connectivity index (χ4v) is 7.07. The van der Waals surface area contributed by atoms with Gasteiger partial charge >= 0.3 is 0 Å². The molecule has 1 saturated heterocycles. The molecule has 0 unspecified atom stereocenters. The molecule has 5 rings (SSSR count). The summed E-state index contributed by atoms with van der Waals surface area (Å²) < 4.78 is 17.5. The highest BCUT2D eigenvalue weighted by atomic mass is 19.1. The Bertz CT molecular complexity index is 1870. The van der Waals surface area contributed by atoms with Gasteiger partial charge in [0.1, 0.15) is 11.6 Å². The molecule has 0 atom stereocenters. The second kappa shape index (κ2) is 21.0. The van der Waals surface area contributed by atoms with E-state index in [2.05, 4.69) is 68.8 Å². The quantitative estimate of drug-likeness (QED) is 0.0631. The molecule has 0 N–H and O–H groups in total. The van der Waals surface area contributed by atoms with E-state index in [0.29, 0.717) is 31.9 Å². The number of allylic oxidation sites excluding steroid dienone is 6. The molecule has 282 valence electrons. The lowest BCUT2D eigenvalue weighted by Gasteiger charge is -2.38. The van der Waals surface area contributed by atoms with E-state index in [4.69, 9.17) is 4.98 Å². The van der Waals surface area contributed by atoms with Gasteiger partial charge in [0.2, 0.25) is 11.9 Å². The molecule has 9 heteroatoms. The topological polar surface area (TPSA) is 76.3 Å². The Labute approximate surface area is 314 Å². The average molecular weight is 721 g/mol. The molecular formula is C44H57FN6O2. The van der Waals surface area contributed by atoms with Crippen molar-refractivity contribution in [3.63, 3.8) is 0 Å². The van der Waals surface area contributed by atoms with Gasteiger partial charge in [0, 0.05) is 57.8 Å². The second-order valence-corrected chi connectivity index (χ2v) is 14.1. The van der Waals surface area contributed by atoms with Crippen LogP contribution in [0.25, 0.3) is 11.0 Å². The first-order valence-corrected chi connectivity index (χ1v) is 19.6. The Morgan fingerprint density at radius 3 is 2.32 bits per heavy atom. The molecule has 0 bridgehead atoms. The summed E-state index contributed by atoms with van der Waals surface area (Å²) in [5.41, 5.74) is 2.87. The minimum atomic E-state index is -0.244. The van der Waals surface area contributed by atoms with Crippen LogP contribution in [0.2, 0.25) is 0 Å². The van der Waals surface area contributed by atoms with Crippen molar-refractivity contribution >= 4 is 28.7 Å². The fourth-order valence-electron chi connectivity index (χ4n) is 7.07. The number of rotatable bonds is 21. The van der Waals surface area contributed by atoms with Gasteiger partial charge in [0.05, 0.1) is 17.6 Å². The molecule has 0 aliphatic carbocycles. The molecule has 2 aromatic carbocycles. The largest absolute Gasteiger partial charge is 0.342 e. The second-order valence-electron chi connectivity index (χ2n) is 14.1. The van der Waals surface area contributed by atoms with Crippen molar-refractivity contribution in [1.82, 2.24) is 19.1 Å². The summed E-state index contributed by atoms with van der Waals surface area (Å²) in [5.74, 6) is 1.48. The Balaban J connectivity index is 1.06. The maximum absolute atomic E-state index is 13.6. The van der Waals surface area contributed by atoms with Crippen molar-refractivity contribution in [2.45, 2.75) is 110 Å². The van der Waals surface area contributed by atoms with Crippen LogP contribution in [0.1, 0.15) is 96.0 Å². The van der Waals surface area contributed by atoms with Gasteiger partial charge in [0.15, 0.2) is 0 Å². The van der Waals surface area contributed by atoms with Crippen LogP contribution < -0.4 is 15.4 Å². The maximum Gasteiger partial charge on any atom is 0.254 e. The predicted octanol–water partition coefficient (Wildman–Crippen LogP) is 9.43. The normalized spacial score (nSPS) is 14.1. The molecule has 2 aromatic heterocycles. The Kier molecular flexibility index (Phi) is 15.7. The third-order valence-corrected chi connectivity index (χ3v) is 10.1. The van der Waals surface area contributed by atoms with Crippen LogP contribution in [0.15, 0.2) is 102 Å². The predicted molar refractivity (Wildman–Crippen MR) is 216 cm³/mol. The first kappa shape index (κ1) is 39.4. The zero-order chi connectivity index (χ0) is 37.3. The first-order valence-electron chi connectivity index (χ1n) is 19.6. The number of benzene rings is 2. The number of anilines is 2. The number of aromatic nitrogens is 4. The summed E-state index contributed by atoms with van der Waals surface area (Å²) in [6.07, 6.45) is 27.3. The number of nitrogens with zero attached hydrogens (tertiary/aromatic N) is 6. The van der Waals surface area contributed by atoms with Crippen molar-refractivity contribution in [2.24, 2.45) is 0 Å². The van der Waals surface area contributed by atoms with Gasteiger partial charge in [-0.1, -0.05) is 86.9 Å². The minimum absolute atomic E-state index is 0.129. The monoisotopic (exact) mass is 720 g/mol. The van der Waals surface area contributed by atoms with E-state index in [1.165, 1.54) is 31.0 Å². The number of carbonyl (C=O) groups is 1. The molecule has 3 heterocycles. The lowest BCUT2D eigenvalue weighted by molar-refractivity contribution is -0.119. The number of halogens is 1. The summed E-state index contributed by atoms with van der Waals surface area (Å²) in [4.78, 5) is 39.9. The summed E-state index contributed by atoms with van der Waals surface area (Å²) >= 11 is 0. The molecule has 4 aromatic rings. The zero-order valence-corrected chi connectivity index (χ0v) is 31.7. The van der Waals surface area contributed by atoms with E-state index in [1.807, 2.05) is 37.4 Å². The molecule has 0 saturated carbocycles. The van der Waals surface area contributed by atoms with Gasteiger partial charge < -0.3 is 14.4 Å². The minimum Gasteiger partial charge on any atom is -0.342 e. The summed E-state index contributed by atoms with van der Waals surface area (Å²) in [6, 6.07) is 16.4. The smallest absolute Gasteiger partial charge is 0.254 e. The van der Waals surface area contributed by atoms with E-state index in [1.54, 1.807) is 10.8 Å². The fraction of sp³-hybridized carbons (Fsp3) is 0.455. The molecule has 0 radical (unpaired) electrons. The molecule has 1 aliphatic heterocycles. The molecule has 1 fully saturated rings. The van der Waals surface area contributed by atoms with Gasteiger partial charge in [-0.05, 0) is 81.2 Å². The molecule has 53 heavy (non-hydrogen) atoms. The number of unbranched alkanes of at least 4 members (excludes halogenated alkanes) is 5. The van der Waals surface area contributed by atoms with E-state index in [-0.39, 0.29) is 23.2 Å². The Morgan fingerprint density at radius 2 is 1.55 bits per heavy atom. The van der Waals surface area contributed by atoms with Crippen molar-refractivity contribution in [3.05, 3.63) is 119 Å². The number of imidazole rings is 1. The Morgan fingerprint density at radius 1 is 0.849 bits per heavy atom. The number of ketones is 1. The number of piperidine rings is 1. The van der Waals surface area contributed by atoms with Crippen LogP contribution in [0.3, 0.4) is 0 Å². The van der Waals surface area contributed by atoms with Crippen molar-refractivity contribution in [1.29, 1.82) is 0 Å². The standard InChI is InChI=1S/C44H57FN6O2/c1-3-4-5-6-7-8-9-10-11-12-13-14-15-16-17-20-39(52)30-34-50-42(53)27-31-46-43(50)48(2)38-28-32-49(33-29-38)44-47-40-21-18-19-22-41(40)51(44)35-36-23-25-37(45)26-24-36/h4-5,7-8,10-11,18-19,21-27,31,38H,3,6,9,12-17,20,28-30,32-35H2,1-2H3/b5-4-,8-7-,11-10-. The maximum atomic E-state index is 13.6. The van der Waals surface area contributed by atoms with Gasteiger partial charge in [-0.25, -0.2) is 14.4 Å². The third kappa shape index (κ3) is 11.9. The van der Waals surface area contributed by atoms with Crippen LogP contribution in [-0.4, -0.2) is 51.1 Å². The zero-order valence-electron chi connectivity index (χ0n) is 31.7. The number of hydrogen-bond donors (Lipinski definition) is 0. The summed E-state index contributed by atoms with van der Waals surface area (Å²) in [6.45, 7) is 4.68. The highest BCUT2D eigenvalue weighted by Crippen LogP contribution is 2.28. The first-order chi connectivity index (χ1) is 25.9. The van der Waals surface area contributed by atoms with Crippen molar-refractivity contribution < 1.29 is 9.18 Å². The number of carbonyl (C=O) groups excluding carboxylic acids is 1. The van der Waals surface area contributed by atoms with Gasteiger partial charge in [-0.2, -0.15) is 0 Å². The SMILES string of the molecule is CC/C=C\C/C=C\C/C=C\CCCCCCCC(=O)CCn1c(N(C)C2CCN(c3nc4ccccc4n3Cc3ccc(F)cc3)CC2)nccc1=O. The number of Topliss-reactive ketones (excluding diaryl/α,β-unsaturated/α-hetero) is 1. The average Bonchev–Trinajstić information content (AvgIpc) is 3.54. The van der Waals surface area contributed by atoms with Crippen LogP contribution >= 0.6 is 0 Å².